The summed E-state index contributed by atoms with van der Waals surface area (Å²) in [4.78, 5) is 16.3. The number of ether oxygens (including phenoxy) is 1. The van der Waals surface area contributed by atoms with E-state index in [1.54, 1.807) is 12.1 Å². The van der Waals surface area contributed by atoms with E-state index in [2.05, 4.69) is 10.3 Å². The van der Waals surface area contributed by atoms with E-state index in [-0.39, 0.29) is 17.9 Å². The molecule has 0 aliphatic rings. The monoisotopic (exact) mass is 338 g/mol. The fourth-order valence-electron chi connectivity index (χ4n) is 1.80. The molecule has 0 aliphatic heterocycles. The normalized spacial score (nSPS) is 11.3. The molecule has 0 bridgehead atoms. The summed E-state index contributed by atoms with van der Waals surface area (Å²) >= 11 is 7.31. The van der Waals surface area contributed by atoms with Crippen molar-refractivity contribution in [3.63, 3.8) is 0 Å². The van der Waals surface area contributed by atoms with Crippen LogP contribution in [-0.4, -0.2) is 16.4 Å². The Bertz CT molecular complexity index is 632. The molecular weight excluding hydrogens is 320 g/mol. The standard InChI is InChI=1S/C16H19ClN2O2S/c1-16(2,3)19-14(20)8-12-10-22-15(18-12)9-21-13-6-4-11(17)5-7-13/h4-7,10H,8-9H2,1-3H3,(H,19,20). The second kappa shape index (κ2) is 7.11. The third kappa shape index (κ3) is 5.66. The molecule has 1 amide bonds. The van der Waals surface area contributed by atoms with Crippen molar-refractivity contribution in [1.82, 2.24) is 10.3 Å². The zero-order valence-corrected chi connectivity index (χ0v) is 14.4. The van der Waals surface area contributed by atoms with Crippen LogP contribution in [0.5, 0.6) is 5.75 Å². The lowest BCUT2D eigenvalue weighted by Crippen LogP contribution is -2.41. The summed E-state index contributed by atoms with van der Waals surface area (Å²) in [6.45, 7) is 6.25. The molecule has 0 aliphatic carbocycles. The van der Waals surface area contributed by atoms with Gasteiger partial charge in [-0.2, -0.15) is 0 Å². The number of amides is 1. The van der Waals surface area contributed by atoms with Crippen molar-refractivity contribution in [2.45, 2.75) is 39.3 Å². The number of benzene rings is 1. The zero-order chi connectivity index (χ0) is 16.2. The number of aromatic nitrogens is 1. The van der Waals surface area contributed by atoms with Crippen LogP contribution in [0.2, 0.25) is 5.02 Å². The number of carbonyl (C=O) groups excluding carboxylic acids is 1. The molecule has 1 aromatic heterocycles. The average molecular weight is 339 g/mol. The minimum absolute atomic E-state index is 0.0250. The lowest BCUT2D eigenvalue weighted by molar-refractivity contribution is -0.121. The first kappa shape index (κ1) is 16.8. The van der Waals surface area contributed by atoms with E-state index in [1.165, 1.54) is 11.3 Å². The molecule has 1 aromatic carbocycles. The van der Waals surface area contributed by atoms with Gasteiger partial charge in [0.15, 0.2) is 0 Å². The molecule has 0 fully saturated rings. The summed E-state index contributed by atoms with van der Waals surface area (Å²) in [7, 11) is 0. The van der Waals surface area contributed by atoms with Gasteiger partial charge in [0, 0.05) is 15.9 Å². The minimum atomic E-state index is -0.229. The van der Waals surface area contributed by atoms with Crippen LogP contribution < -0.4 is 10.1 Å². The number of halogens is 1. The second-order valence-corrected chi connectivity index (χ2v) is 7.33. The molecule has 1 N–H and O–H groups in total. The summed E-state index contributed by atoms with van der Waals surface area (Å²) in [5.74, 6) is 0.717. The Labute approximate surface area is 139 Å². The summed E-state index contributed by atoms with van der Waals surface area (Å²) < 4.78 is 5.63. The molecule has 0 saturated carbocycles. The number of hydrogen-bond acceptors (Lipinski definition) is 4. The SMILES string of the molecule is CC(C)(C)NC(=O)Cc1csc(COc2ccc(Cl)cc2)n1. The Kier molecular flexibility index (Phi) is 5.42. The predicted octanol–water partition coefficient (Wildman–Crippen LogP) is 3.83. The largest absolute Gasteiger partial charge is 0.486 e. The summed E-state index contributed by atoms with van der Waals surface area (Å²) in [5.41, 5.74) is 0.537. The van der Waals surface area contributed by atoms with Crippen molar-refractivity contribution in [2.75, 3.05) is 0 Å². The Morgan fingerprint density at radius 2 is 2.00 bits per heavy atom. The topological polar surface area (TPSA) is 51.2 Å². The van der Waals surface area contributed by atoms with Gasteiger partial charge in [-0.25, -0.2) is 4.98 Å². The second-order valence-electron chi connectivity index (χ2n) is 5.95. The molecule has 0 radical (unpaired) electrons. The van der Waals surface area contributed by atoms with Crippen LogP contribution >= 0.6 is 22.9 Å². The van der Waals surface area contributed by atoms with Crippen molar-refractivity contribution < 1.29 is 9.53 Å². The highest BCUT2D eigenvalue weighted by Crippen LogP contribution is 2.18. The quantitative estimate of drug-likeness (QED) is 0.901. The van der Waals surface area contributed by atoms with Gasteiger partial charge in [0.1, 0.15) is 17.4 Å². The van der Waals surface area contributed by atoms with E-state index in [0.717, 1.165) is 16.5 Å². The molecule has 0 atom stereocenters. The Hall–Kier alpha value is -1.59. The zero-order valence-electron chi connectivity index (χ0n) is 12.9. The third-order valence-electron chi connectivity index (χ3n) is 2.63. The van der Waals surface area contributed by atoms with Crippen LogP contribution in [0.25, 0.3) is 0 Å². The van der Waals surface area contributed by atoms with E-state index in [1.807, 2.05) is 38.3 Å². The molecule has 1 heterocycles. The van der Waals surface area contributed by atoms with Gasteiger partial charge in [-0.1, -0.05) is 11.6 Å². The van der Waals surface area contributed by atoms with Crippen LogP contribution in [0, 0.1) is 0 Å². The Morgan fingerprint density at radius 3 is 2.64 bits per heavy atom. The number of nitrogens with zero attached hydrogens (tertiary/aromatic N) is 1. The van der Waals surface area contributed by atoms with E-state index in [4.69, 9.17) is 16.3 Å². The minimum Gasteiger partial charge on any atom is -0.486 e. The number of carbonyl (C=O) groups is 1. The lowest BCUT2D eigenvalue weighted by Gasteiger charge is -2.20. The van der Waals surface area contributed by atoms with E-state index in [9.17, 15) is 4.79 Å². The lowest BCUT2D eigenvalue weighted by atomic mass is 10.1. The molecule has 2 aromatic rings. The number of thiazole rings is 1. The highest BCUT2D eigenvalue weighted by atomic mass is 35.5. The first-order chi connectivity index (χ1) is 10.3. The van der Waals surface area contributed by atoms with Gasteiger partial charge < -0.3 is 10.1 Å². The molecule has 4 nitrogen and oxygen atoms in total. The number of hydrogen-bond donors (Lipinski definition) is 1. The van der Waals surface area contributed by atoms with Gasteiger partial charge >= 0.3 is 0 Å². The predicted molar refractivity (Wildman–Crippen MR) is 89.5 cm³/mol. The maximum absolute atomic E-state index is 11.9. The van der Waals surface area contributed by atoms with Crippen LogP contribution in [-0.2, 0) is 17.8 Å². The van der Waals surface area contributed by atoms with Crippen LogP contribution in [0.4, 0.5) is 0 Å². The highest BCUT2D eigenvalue weighted by Gasteiger charge is 2.15. The van der Waals surface area contributed by atoms with Crippen molar-refractivity contribution in [1.29, 1.82) is 0 Å². The van der Waals surface area contributed by atoms with Crippen LogP contribution in [0.3, 0.4) is 0 Å². The van der Waals surface area contributed by atoms with Gasteiger partial charge in [0.25, 0.3) is 0 Å². The van der Waals surface area contributed by atoms with Gasteiger partial charge in [0.2, 0.25) is 5.91 Å². The van der Waals surface area contributed by atoms with Crippen molar-refractivity contribution in [2.24, 2.45) is 0 Å². The van der Waals surface area contributed by atoms with Crippen molar-refractivity contribution in [3.05, 3.63) is 45.4 Å². The third-order valence-corrected chi connectivity index (χ3v) is 3.75. The smallest absolute Gasteiger partial charge is 0.226 e. The van der Waals surface area contributed by atoms with E-state index < -0.39 is 0 Å². The van der Waals surface area contributed by atoms with Crippen LogP contribution in [0.15, 0.2) is 29.6 Å². The molecule has 6 heteroatoms. The highest BCUT2D eigenvalue weighted by molar-refractivity contribution is 7.09. The molecule has 118 valence electrons. The molecule has 0 unspecified atom stereocenters. The Morgan fingerprint density at radius 1 is 1.32 bits per heavy atom. The van der Waals surface area contributed by atoms with E-state index >= 15 is 0 Å². The fourth-order valence-corrected chi connectivity index (χ4v) is 2.63. The summed E-state index contributed by atoms with van der Waals surface area (Å²) in [6.07, 6.45) is 0.286. The maximum atomic E-state index is 11.9. The first-order valence-corrected chi connectivity index (χ1v) is 8.20. The molecule has 0 spiro atoms. The van der Waals surface area contributed by atoms with Gasteiger partial charge in [-0.05, 0) is 45.0 Å². The molecule has 2 rings (SSSR count). The average Bonchev–Trinajstić information content (AvgIpc) is 2.83. The Balaban J connectivity index is 1.86. The fraction of sp³-hybridized carbons (Fsp3) is 0.375. The summed E-state index contributed by atoms with van der Waals surface area (Å²) in [6, 6.07) is 7.18. The number of nitrogens with one attached hydrogen (secondary N) is 1. The summed E-state index contributed by atoms with van der Waals surface area (Å²) in [5, 5.41) is 6.33. The maximum Gasteiger partial charge on any atom is 0.226 e. The van der Waals surface area contributed by atoms with Crippen molar-refractivity contribution in [3.8, 4) is 5.75 Å². The first-order valence-electron chi connectivity index (χ1n) is 6.94. The van der Waals surface area contributed by atoms with E-state index in [0.29, 0.717) is 11.6 Å². The van der Waals surface area contributed by atoms with Crippen molar-refractivity contribution >= 4 is 28.8 Å². The van der Waals surface area contributed by atoms with Gasteiger partial charge in [-0.3, -0.25) is 4.79 Å². The number of rotatable bonds is 5. The molecule has 22 heavy (non-hydrogen) atoms. The van der Waals surface area contributed by atoms with Gasteiger partial charge in [0.05, 0.1) is 12.1 Å². The van der Waals surface area contributed by atoms with Crippen LogP contribution in [0.1, 0.15) is 31.5 Å². The molecular formula is C16H19ClN2O2S. The van der Waals surface area contributed by atoms with Gasteiger partial charge in [-0.15, -0.1) is 11.3 Å². The molecule has 0 saturated heterocycles.